The van der Waals surface area contributed by atoms with Gasteiger partial charge in [0.1, 0.15) is 12.4 Å². The molecule has 0 amide bonds. The van der Waals surface area contributed by atoms with Gasteiger partial charge in [-0.3, -0.25) is 4.79 Å². The number of hydrogen-bond acceptors (Lipinski definition) is 5. The molecule has 0 fully saturated rings. The molecule has 0 N–H and O–H groups in total. The van der Waals surface area contributed by atoms with Crippen LogP contribution in [0, 0.1) is 0 Å². The summed E-state index contributed by atoms with van der Waals surface area (Å²) in [4.78, 5) is 11.3. The molecule has 0 aliphatic heterocycles. The number of hydrogen-bond donors (Lipinski definition) is 0. The zero-order valence-corrected chi connectivity index (χ0v) is 19.7. The Morgan fingerprint density at radius 3 is 1.97 bits per heavy atom. The van der Waals surface area contributed by atoms with Gasteiger partial charge in [-0.25, -0.2) is 8.42 Å². The van der Waals surface area contributed by atoms with E-state index in [9.17, 15) is 39.6 Å². The molecule has 12 heteroatoms. The van der Waals surface area contributed by atoms with E-state index in [1.807, 2.05) is 0 Å². The molecule has 3 aromatic rings. The Morgan fingerprint density at radius 2 is 1.42 bits per heavy atom. The van der Waals surface area contributed by atoms with E-state index in [1.165, 1.54) is 14.0 Å². The third-order valence-corrected chi connectivity index (χ3v) is 7.10. The van der Waals surface area contributed by atoms with Gasteiger partial charge < -0.3 is 9.47 Å². The highest BCUT2D eigenvalue weighted by Gasteiger charge is 2.38. The molecule has 0 aliphatic rings. The van der Waals surface area contributed by atoms with E-state index in [0.717, 1.165) is 10.8 Å². The number of halogens is 6. The predicted octanol–water partition coefficient (Wildman–Crippen LogP) is 6.01. The van der Waals surface area contributed by atoms with Crippen molar-refractivity contribution >= 4 is 26.6 Å². The third kappa shape index (κ3) is 6.28. The highest BCUT2D eigenvalue weighted by molar-refractivity contribution is 7.91. The molecule has 0 bridgehead atoms. The molecule has 3 rings (SSSR count). The van der Waals surface area contributed by atoms with Gasteiger partial charge in [0.05, 0.1) is 34.8 Å². The molecule has 36 heavy (non-hydrogen) atoms. The quantitative estimate of drug-likeness (QED) is 0.275. The number of sulfone groups is 1. The summed E-state index contributed by atoms with van der Waals surface area (Å²) in [7, 11) is -3.11. The van der Waals surface area contributed by atoms with Crippen LogP contribution in [0.2, 0.25) is 0 Å². The van der Waals surface area contributed by atoms with Gasteiger partial charge in [0.15, 0.2) is 9.84 Å². The number of fused-ring (bicyclic) bond motifs is 1. The van der Waals surface area contributed by atoms with Gasteiger partial charge in [-0.15, -0.1) is 0 Å². The standard InChI is InChI=1S/C24H20F6O5S/c1-14(15-3-4-17-10-20(34-2)6-5-16(17)9-15)22(31)35-7-8-36(32,33)21-12-18(23(25,26)27)11-19(13-21)24(28,29)30/h3-6,9-14H,7-8H2,1-2H3/t14-/m0/s1. The molecule has 3 aromatic carbocycles. The first kappa shape index (κ1) is 27.3. The number of esters is 1. The molecular formula is C24H20F6O5S. The van der Waals surface area contributed by atoms with Crippen molar-refractivity contribution in [3.05, 3.63) is 71.3 Å². The maximum atomic E-state index is 13.0. The molecule has 0 saturated carbocycles. The molecule has 0 unspecified atom stereocenters. The number of rotatable bonds is 7. The van der Waals surface area contributed by atoms with Gasteiger partial charge in [-0.2, -0.15) is 26.3 Å². The zero-order chi connectivity index (χ0) is 26.9. The topological polar surface area (TPSA) is 69.7 Å². The van der Waals surface area contributed by atoms with Crippen molar-refractivity contribution in [1.29, 1.82) is 0 Å². The maximum absolute atomic E-state index is 13.0. The average molecular weight is 534 g/mol. The van der Waals surface area contributed by atoms with Crippen molar-refractivity contribution in [2.75, 3.05) is 19.5 Å². The van der Waals surface area contributed by atoms with Gasteiger partial charge in [0, 0.05) is 0 Å². The van der Waals surface area contributed by atoms with E-state index in [1.54, 1.807) is 36.4 Å². The predicted molar refractivity (Wildman–Crippen MR) is 118 cm³/mol. The number of alkyl halides is 6. The number of carbonyl (C=O) groups excluding carboxylic acids is 1. The van der Waals surface area contributed by atoms with E-state index in [-0.39, 0.29) is 18.2 Å². The summed E-state index contributed by atoms with van der Waals surface area (Å²) in [6.45, 7) is 0.762. The van der Waals surface area contributed by atoms with E-state index in [2.05, 4.69) is 0 Å². The SMILES string of the molecule is COc1ccc2cc([C@H](C)C(=O)OCCS(=O)(=O)c3cc(C(F)(F)F)cc(C(F)(F)F)c3)ccc2c1. The molecule has 1 atom stereocenters. The monoisotopic (exact) mass is 534 g/mol. The van der Waals surface area contributed by atoms with Crippen LogP contribution < -0.4 is 4.74 Å². The van der Waals surface area contributed by atoms with Gasteiger partial charge in [0.2, 0.25) is 0 Å². The fourth-order valence-electron chi connectivity index (χ4n) is 3.38. The first-order valence-corrected chi connectivity index (χ1v) is 12.0. The molecule has 0 saturated heterocycles. The lowest BCUT2D eigenvalue weighted by atomic mass is 9.98. The summed E-state index contributed by atoms with van der Waals surface area (Å²) in [6.07, 6.45) is -10.4. The van der Waals surface area contributed by atoms with Crippen LogP contribution >= 0.6 is 0 Å². The van der Waals surface area contributed by atoms with E-state index in [0.29, 0.717) is 11.3 Å². The molecule has 0 heterocycles. The third-order valence-electron chi connectivity index (χ3n) is 5.44. The molecule has 0 radical (unpaired) electrons. The van der Waals surface area contributed by atoms with Gasteiger partial charge in [-0.05, 0) is 53.6 Å². The van der Waals surface area contributed by atoms with Crippen LogP contribution in [0.4, 0.5) is 26.3 Å². The molecule has 194 valence electrons. The van der Waals surface area contributed by atoms with E-state index >= 15 is 0 Å². The Morgan fingerprint density at radius 1 is 0.861 bits per heavy atom. The summed E-state index contributed by atoms with van der Waals surface area (Å²) in [5.41, 5.74) is -2.95. The van der Waals surface area contributed by atoms with Crippen molar-refractivity contribution in [3.8, 4) is 5.75 Å². The lowest BCUT2D eigenvalue weighted by Gasteiger charge is -2.15. The lowest BCUT2D eigenvalue weighted by Crippen LogP contribution is -2.20. The van der Waals surface area contributed by atoms with E-state index < -0.39 is 62.5 Å². The molecule has 0 aromatic heterocycles. The second-order valence-corrected chi connectivity index (χ2v) is 10.0. The van der Waals surface area contributed by atoms with Crippen LogP contribution in [0.5, 0.6) is 5.75 Å². The van der Waals surface area contributed by atoms with Crippen molar-refractivity contribution in [3.63, 3.8) is 0 Å². The van der Waals surface area contributed by atoms with Crippen molar-refractivity contribution in [2.45, 2.75) is 30.1 Å². The molecule has 0 spiro atoms. The fourth-order valence-corrected chi connectivity index (χ4v) is 4.53. The van der Waals surface area contributed by atoms with Gasteiger partial charge >= 0.3 is 18.3 Å². The van der Waals surface area contributed by atoms with Crippen molar-refractivity contribution in [1.82, 2.24) is 0 Å². The van der Waals surface area contributed by atoms with Crippen LogP contribution in [0.15, 0.2) is 59.5 Å². The summed E-state index contributed by atoms with van der Waals surface area (Å²) in [6, 6.07) is 10.6. The molecular weight excluding hydrogens is 514 g/mol. The Kier molecular flexibility index (Phi) is 7.58. The maximum Gasteiger partial charge on any atom is 0.416 e. The average Bonchev–Trinajstić information content (AvgIpc) is 2.81. The van der Waals surface area contributed by atoms with Crippen LogP contribution in [0.3, 0.4) is 0 Å². The second-order valence-electron chi connectivity index (χ2n) is 7.92. The normalized spacial score (nSPS) is 13.4. The Hall–Kier alpha value is -3.28. The van der Waals surface area contributed by atoms with Gasteiger partial charge in [0.25, 0.3) is 0 Å². The number of methoxy groups -OCH3 is 1. The summed E-state index contributed by atoms with van der Waals surface area (Å²) >= 11 is 0. The zero-order valence-electron chi connectivity index (χ0n) is 18.9. The van der Waals surface area contributed by atoms with Gasteiger partial charge in [-0.1, -0.05) is 24.3 Å². The highest BCUT2D eigenvalue weighted by atomic mass is 32.2. The Bertz CT molecular complexity index is 1350. The minimum absolute atomic E-state index is 0.124. The van der Waals surface area contributed by atoms with Crippen LogP contribution in [0.1, 0.15) is 29.5 Å². The Labute approximate surface area is 202 Å². The first-order valence-electron chi connectivity index (χ1n) is 10.4. The van der Waals surface area contributed by atoms with E-state index in [4.69, 9.17) is 9.47 Å². The second kappa shape index (κ2) is 10.00. The summed E-state index contributed by atoms with van der Waals surface area (Å²) in [5.74, 6) is -1.98. The smallest absolute Gasteiger partial charge is 0.416 e. The van der Waals surface area contributed by atoms with Crippen molar-refractivity contribution < 1.29 is 49.0 Å². The minimum Gasteiger partial charge on any atom is -0.497 e. The molecule has 0 aliphatic carbocycles. The fraction of sp³-hybridized carbons (Fsp3) is 0.292. The van der Waals surface area contributed by atoms with Crippen molar-refractivity contribution in [2.24, 2.45) is 0 Å². The first-order chi connectivity index (χ1) is 16.6. The number of ether oxygens (including phenoxy) is 2. The minimum atomic E-state index is -5.20. The lowest BCUT2D eigenvalue weighted by molar-refractivity contribution is -0.145. The summed E-state index contributed by atoms with van der Waals surface area (Å²) < 4.78 is 113. The van der Waals surface area contributed by atoms with Crippen LogP contribution in [-0.4, -0.2) is 33.9 Å². The largest absolute Gasteiger partial charge is 0.497 e. The summed E-state index contributed by atoms with van der Waals surface area (Å²) in [5, 5.41) is 1.66. The molecule has 5 nitrogen and oxygen atoms in total. The Balaban J connectivity index is 1.73. The highest BCUT2D eigenvalue weighted by Crippen LogP contribution is 2.37. The van der Waals surface area contributed by atoms with Crippen LogP contribution in [0.25, 0.3) is 10.8 Å². The number of benzene rings is 3. The number of carbonyl (C=O) groups is 1. The van der Waals surface area contributed by atoms with Crippen LogP contribution in [-0.2, 0) is 31.7 Å².